The topological polar surface area (TPSA) is 20.2 Å². The van der Waals surface area contributed by atoms with Crippen LogP contribution in [0.4, 0.5) is 8.78 Å². The summed E-state index contributed by atoms with van der Waals surface area (Å²) in [6.45, 7) is 0. The molecule has 0 radical (unpaired) electrons. The highest BCUT2D eigenvalue weighted by Gasteiger charge is 2.34. The number of aryl methyl sites for hydroxylation is 1. The Morgan fingerprint density at radius 2 is 1.70 bits per heavy atom. The number of hydrogen-bond donors (Lipinski definition) is 1. The summed E-state index contributed by atoms with van der Waals surface area (Å²) in [5.41, 5.74) is 1.29. The molecule has 0 saturated carbocycles. The van der Waals surface area contributed by atoms with E-state index in [0.717, 1.165) is 16.1 Å². The summed E-state index contributed by atoms with van der Waals surface area (Å²) >= 11 is 3.42. The number of rotatable bonds is 1. The van der Waals surface area contributed by atoms with E-state index in [1.807, 2.05) is 18.2 Å². The lowest BCUT2D eigenvalue weighted by atomic mass is 9.76. The van der Waals surface area contributed by atoms with Crippen molar-refractivity contribution < 1.29 is 13.9 Å². The molecule has 2 aromatic rings. The van der Waals surface area contributed by atoms with Gasteiger partial charge >= 0.3 is 0 Å². The highest BCUT2D eigenvalue weighted by atomic mass is 79.9. The minimum atomic E-state index is -1.20. The standard InChI is InChI=1S/C16H13BrF2O/c17-13-2-1-11-9-16(20,4-3-10(11)5-13)12-6-14(18)8-15(19)7-12/h1-2,5-8,20H,3-4,9H2. The monoisotopic (exact) mass is 338 g/mol. The molecule has 0 saturated heterocycles. The van der Waals surface area contributed by atoms with Gasteiger partial charge in [0.05, 0.1) is 5.60 Å². The van der Waals surface area contributed by atoms with E-state index in [9.17, 15) is 13.9 Å². The number of halogens is 3. The first kappa shape index (κ1) is 13.7. The largest absolute Gasteiger partial charge is 0.385 e. The van der Waals surface area contributed by atoms with Gasteiger partial charge in [-0.3, -0.25) is 0 Å². The Balaban J connectivity index is 2.00. The van der Waals surface area contributed by atoms with Crippen LogP contribution in [0.25, 0.3) is 0 Å². The van der Waals surface area contributed by atoms with Crippen LogP contribution in [0.15, 0.2) is 40.9 Å². The molecular weight excluding hydrogens is 326 g/mol. The summed E-state index contributed by atoms with van der Waals surface area (Å²) in [6, 6.07) is 9.14. The molecule has 1 aliphatic carbocycles. The zero-order valence-corrected chi connectivity index (χ0v) is 12.3. The number of benzene rings is 2. The van der Waals surface area contributed by atoms with E-state index >= 15 is 0 Å². The minimum Gasteiger partial charge on any atom is -0.385 e. The molecule has 0 fully saturated rings. The Labute approximate surface area is 124 Å². The van der Waals surface area contributed by atoms with E-state index in [1.54, 1.807) is 0 Å². The van der Waals surface area contributed by atoms with Gasteiger partial charge in [-0.2, -0.15) is 0 Å². The van der Waals surface area contributed by atoms with E-state index in [0.29, 0.717) is 24.8 Å². The molecule has 0 bridgehead atoms. The molecule has 4 heteroatoms. The van der Waals surface area contributed by atoms with Gasteiger partial charge in [0.15, 0.2) is 0 Å². The lowest BCUT2D eigenvalue weighted by Gasteiger charge is -2.34. The van der Waals surface area contributed by atoms with E-state index in [-0.39, 0.29) is 0 Å². The van der Waals surface area contributed by atoms with E-state index in [2.05, 4.69) is 15.9 Å². The van der Waals surface area contributed by atoms with Crippen LogP contribution >= 0.6 is 15.9 Å². The van der Waals surface area contributed by atoms with E-state index in [1.165, 1.54) is 17.7 Å². The van der Waals surface area contributed by atoms with Crippen molar-refractivity contribution in [3.05, 3.63) is 69.2 Å². The second-order valence-corrected chi connectivity index (χ2v) is 6.20. The molecule has 0 amide bonds. The van der Waals surface area contributed by atoms with Gasteiger partial charge in [0.25, 0.3) is 0 Å². The zero-order valence-electron chi connectivity index (χ0n) is 10.7. The fraction of sp³-hybridized carbons (Fsp3) is 0.250. The summed E-state index contributed by atoms with van der Waals surface area (Å²) in [7, 11) is 0. The summed E-state index contributed by atoms with van der Waals surface area (Å²) in [4.78, 5) is 0. The average molecular weight is 339 g/mol. The predicted molar refractivity (Wildman–Crippen MR) is 76.4 cm³/mol. The summed E-state index contributed by atoms with van der Waals surface area (Å²) < 4.78 is 27.7. The molecule has 0 heterocycles. The first-order valence-corrected chi connectivity index (χ1v) is 7.22. The lowest BCUT2D eigenvalue weighted by Crippen LogP contribution is -2.33. The maximum absolute atomic E-state index is 13.3. The molecule has 3 rings (SSSR count). The van der Waals surface area contributed by atoms with Crippen molar-refractivity contribution in [2.24, 2.45) is 0 Å². The first-order valence-electron chi connectivity index (χ1n) is 6.42. The number of aliphatic hydroxyl groups is 1. The quantitative estimate of drug-likeness (QED) is 0.829. The van der Waals surface area contributed by atoms with Crippen molar-refractivity contribution in [2.45, 2.75) is 24.9 Å². The van der Waals surface area contributed by atoms with E-state index in [4.69, 9.17) is 0 Å². The van der Waals surface area contributed by atoms with Gasteiger partial charge in [0, 0.05) is 17.0 Å². The van der Waals surface area contributed by atoms with Crippen LogP contribution in [-0.2, 0) is 18.4 Å². The van der Waals surface area contributed by atoms with Gasteiger partial charge in [-0.05, 0) is 53.8 Å². The van der Waals surface area contributed by atoms with Crippen LogP contribution in [0.1, 0.15) is 23.1 Å². The zero-order chi connectivity index (χ0) is 14.3. The van der Waals surface area contributed by atoms with Gasteiger partial charge in [0.2, 0.25) is 0 Å². The SMILES string of the molecule is OC1(c2cc(F)cc(F)c2)CCc2cc(Br)ccc2C1. The summed E-state index contributed by atoms with van der Waals surface area (Å²) in [6.07, 6.45) is 1.52. The van der Waals surface area contributed by atoms with Crippen LogP contribution < -0.4 is 0 Å². The fourth-order valence-electron chi connectivity index (χ4n) is 2.81. The summed E-state index contributed by atoms with van der Waals surface area (Å²) in [5.74, 6) is -1.31. The van der Waals surface area contributed by atoms with Gasteiger partial charge in [-0.1, -0.05) is 22.0 Å². The lowest BCUT2D eigenvalue weighted by molar-refractivity contribution is 0.0216. The Kier molecular flexibility index (Phi) is 3.38. The molecule has 0 aromatic heterocycles. The fourth-order valence-corrected chi connectivity index (χ4v) is 3.22. The highest BCUT2D eigenvalue weighted by molar-refractivity contribution is 9.10. The Morgan fingerprint density at radius 3 is 2.40 bits per heavy atom. The van der Waals surface area contributed by atoms with Crippen molar-refractivity contribution >= 4 is 15.9 Å². The smallest absolute Gasteiger partial charge is 0.126 e. The van der Waals surface area contributed by atoms with Crippen LogP contribution in [0.3, 0.4) is 0 Å². The van der Waals surface area contributed by atoms with Crippen LogP contribution in [-0.4, -0.2) is 5.11 Å². The predicted octanol–water partition coefficient (Wildman–Crippen LogP) is 4.10. The molecule has 20 heavy (non-hydrogen) atoms. The third kappa shape index (κ3) is 2.50. The normalized spacial score (nSPS) is 21.6. The van der Waals surface area contributed by atoms with Gasteiger partial charge in [-0.15, -0.1) is 0 Å². The molecule has 1 aliphatic rings. The summed E-state index contributed by atoms with van der Waals surface area (Å²) in [5, 5.41) is 10.8. The van der Waals surface area contributed by atoms with Crippen molar-refractivity contribution in [1.29, 1.82) is 0 Å². The molecule has 2 aromatic carbocycles. The molecule has 0 spiro atoms. The minimum absolute atomic E-state index is 0.309. The van der Waals surface area contributed by atoms with Crippen LogP contribution in [0, 0.1) is 11.6 Å². The Morgan fingerprint density at radius 1 is 1.00 bits per heavy atom. The third-order valence-corrected chi connectivity index (χ3v) is 4.35. The molecule has 0 aliphatic heterocycles. The Bertz CT molecular complexity index is 651. The number of hydrogen-bond acceptors (Lipinski definition) is 1. The van der Waals surface area contributed by atoms with Crippen molar-refractivity contribution in [3.63, 3.8) is 0 Å². The number of fused-ring (bicyclic) bond motifs is 1. The Hall–Kier alpha value is -1.26. The maximum atomic E-state index is 13.3. The molecule has 1 nitrogen and oxygen atoms in total. The average Bonchev–Trinajstić information content (AvgIpc) is 2.38. The molecule has 1 unspecified atom stereocenters. The van der Waals surface area contributed by atoms with Crippen molar-refractivity contribution in [3.8, 4) is 0 Å². The molecule has 1 N–H and O–H groups in total. The highest BCUT2D eigenvalue weighted by Crippen LogP contribution is 2.37. The van der Waals surface area contributed by atoms with Crippen LogP contribution in [0.2, 0.25) is 0 Å². The second-order valence-electron chi connectivity index (χ2n) is 5.28. The molecular formula is C16H13BrF2O. The third-order valence-electron chi connectivity index (χ3n) is 3.86. The van der Waals surface area contributed by atoms with Crippen molar-refractivity contribution in [2.75, 3.05) is 0 Å². The van der Waals surface area contributed by atoms with Crippen LogP contribution in [0.5, 0.6) is 0 Å². The van der Waals surface area contributed by atoms with E-state index < -0.39 is 17.2 Å². The maximum Gasteiger partial charge on any atom is 0.126 e. The molecule has 1 atom stereocenters. The second kappa shape index (κ2) is 4.93. The van der Waals surface area contributed by atoms with Crippen molar-refractivity contribution in [1.82, 2.24) is 0 Å². The van der Waals surface area contributed by atoms with Gasteiger partial charge < -0.3 is 5.11 Å². The molecule has 104 valence electrons. The van der Waals surface area contributed by atoms with Gasteiger partial charge in [-0.25, -0.2) is 8.78 Å². The van der Waals surface area contributed by atoms with Gasteiger partial charge in [0.1, 0.15) is 11.6 Å². The first-order chi connectivity index (χ1) is 9.46.